The van der Waals surface area contributed by atoms with Crippen LogP contribution in [0.15, 0.2) is 17.1 Å². The molecule has 0 atom stereocenters. The quantitative estimate of drug-likeness (QED) is 0.826. The van der Waals surface area contributed by atoms with E-state index in [0.717, 1.165) is 5.69 Å². The molecule has 17 heavy (non-hydrogen) atoms. The minimum atomic E-state index is -1.03. The SMILES string of the molecule is COc1cc2c(cc1OC)NCC(C(=O)O)=N2. The third-order valence-electron chi connectivity index (χ3n) is 2.45. The summed E-state index contributed by atoms with van der Waals surface area (Å²) < 4.78 is 10.3. The number of hydrogen-bond donors (Lipinski definition) is 2. The minimum Gasteiger partial charge on any atom is -0.493 e. The molecule has 0 spiro atoms. The molecule has 0 saturated heterocycles. The summed E-state index contributed by atoms with van der Waals surface area (Å²) in [6.45, 7) is 0.192. The third-order valence-corrected chi connectivity index (χ3v) is 2.45. The number of carboxylic acid groups (broad SMARTS) is 1. The second-order valence-electron chi connectivity index (χ2n) is 3.44. The number of benzene rings is 1. The number of methoxy groups -OCH3 is 2. The summed E-state index contributed by atoms with van der Waals surface area (Å²) >= 11 is 0. The molecule has 2 rings (SSSR count). The number of fused-ring (bicyclic) bond motifs is 1. The molecule has 0 unspecified atom stereocenters. The Kier molecular flexibility index (Phi) is 2.86. The van der Waals surface area contributed by atoms with Gasteiger partial charge in [-0.1, -0.05) is 0 Å². The van der Waals surface area contributed by atoms with Crippen molar-refractivity contribution in [3.63, 3.8) is 0 Å². The first kappa shape index (κ1) is 11.3. The number of aliphatic carboxylic acids is 1. The Morgan fingerprint density at radius 3 is 2.59 bits per heavy atom. The van der Waals surface area contributed by atoms with E-state index in [-0.39, 0.29) is 12.3 Å². The molecule has 1 aliphatic rings. The van der Waals surface area contributed by atoms with E-state index in [4.69, 9.17) is 14.6 Å². The number of nitrogens with zero attached hydrogens (tertiary/aromatic N) is 1. The molecule has 1 aromatic carbocycles. The molecule has 0 saturated carbocycles. The predicted molar refractivity (Wildman–Crippen MR) is 62.8 cm³/mol. The summed E-state index contributed by atoms with van der Waals surface area (Å²) in [7, 11) is 3.06. The van der Waals surface area contributed by atoms with Gasteiger partial charge in [0.15, 0.2) is 11.5 Å². The van der Waals surface area contributed by atoms with Crippen LogP contribution in [0.2, 0.25) is 0 Å². The highest BCUT2D eigenvalue weighted by Gasteiger charge is 2.19. The first-order valence-corrected chi connectivity index (χ1v) is 4.96. The molecular formula is C11H12N2O4. The van der Waals surface area contributed by atoms with Crippen LogP contribution in [0.1, 0.15) is 0 Å². The van der Waals surface area contributed by atoms with E-state index in [1.165, 1.54) is 7.11 Å². The van der Waals surface area contributed by atoms with Crippen molar-refractivity contribution < 1.29 is 19.4 Å². The molecule has 6 nitrogen and oxygen atoms in total. The van der Waals surface area contributed by atoms with Gasteiger partial charge in [0.1, 0.15) is 5.71 Å². The van der Waals surface area contributed by atoms with Crippen LogP contribution >= 0.6 is 0 Å². The van der Waals surface area contributed by atoms with E-state index in [1.807, 2.05) is 0 Å². The van der Waals surface area contributed by atoms with E-state index < -0.39 is 5.97 Å². The maximum atomic E-state index is 10.8. The molecule has 0 aliphatic carbocycles. The number of ether oxygens (including phenoxy) is 2. The average Bonchev–Trinajstić information content (AvgIpc) is 2.36. The number of nitrogens with one attached hydrogen (secondary N) is 1. The van der Waals surface area contributed by atoms with Crippen molar-refractivity contribution in [2.75, 3.05) is 26.1 Å². The van der Waals surface area contributed by atoms with Gasteiger partial charge in [-0.15, -0.1) is 0 Å². The Labute approximate surface area is 97.9 Å². The Morgan fingerprint density at radius 2 is 2.00 bits per heavy atom. The molecule has 6 heteroatoms. The van der Waals surface area contributed by atoms with Crippen molar-refractivity contribution in [1.29, 1.82) is 0 Å². The van der Waals surface area contributed by atoms with Crippen LogP contribution in [0.4, 0.5) is 11.4 Å². The largest absolute Gasteiger partial charge is 0.493 e. The number of rotatable bonds is 3. The molecule has 0 aromatic heterocycles. The number of carboxylic acids is 1. The third kappa shape index (κ3) is 2.01. The topological polar surface area (TPSA) is 80.2 Å². The lowest BCUT2D eigenvalue weighted by atomic mass is 10.2. The molecule has 0 fully saturated rings. The lowest BCUT2D eigenvalue weighted by Gasteiger charge is -2.18. The first-order chi connectivity index (χ1) is 8.15. The number of aliphatic imine (C=N–C) groups is 1. The van der Waals surface area contributed by atoms with Crippen LogP contribution in [0, 0.1) is 0 Å². The number of anilines is 1. The average molecular weight is 236 g/mol. The van der Waals surface area contributed by atoms with Crippen molar-refractivity contribution in [1.82, 2.24) is 0 Å². The van der Waals surface area contributed by atoms with Crippen molar-refractivity contribution in [3.05, 3.63) is 12.1 Å². The highest BCUT2D eigenvalue weighted by molar-refractivity contribution is 6.38. The van der Waals surface area contributed by atoms with Gasteiger partial charge in [-0.05, 0) is 0 Å². The Balaban J connectivity index is 2.49. The summed E-state index contributed by atoms with van der Waals surface area (Å²) in [6.07, 6.45) is 0. The molecule has 2 N–H and O–H groups in total. The van der Waals surface area contributed by atoms with Gasteiger partial charge in [0, 0.05) is 12.1 Å². The van der Waals surface area contributed by atoms with E-state index in [0.29, 0.717) is 17.2 Å². The summed E-state index contributed by atoms with van der Waals surface area (Å²) in [5, 5.41) is 11.8. The Morgan fingerprint density at radius 1 is 1.35 bits per heavy atom. The van der Waals surface area contributed by atoms with Crippen LogP contribution in [-0.2, 0) is 4.79 Å². The van der Waals surface area contributed by atoms with Crippen molar-refractivity contribution in [2.45, 2.75) is 0 Å². The fourth-order valence-corrected chi connectivity index (χ4v) is 1.59. The van der Waals surface area contributed by atoms with E-state index in [9.17, 15) is 4.79 Å². The highest BCUT2D eigenvalue weighted by atomic mass is 16.5. The second kappa shape index (κ2) is 4.32. The van der Waals surface area contributed by atoms with Crippen molar-refractivity contribution in [3.8, 4) is 11.5 Å². The Bertz CT molecular complexity index is 496. The zero-order valence-corrected chi connectivity index (χ0v) is 9.48. The van der Waals surface area contributed by atoms with E-state index in [1.54, 1.807) is 19.2 Å². The van der Waals surface area contributed by atoms with Gasteiger partial charge in [0.2, 0.25) is 0 Å². The standard InChI is InChI=1S/C11H12N2O4/c1-16-9-3-6-7(4-10(9)17-2)13-8(5-12-6)11(14)15/h3-4,12H,5H2,1-2H3,(H,14,15). The van der Waals surface area contributed by atoms with Crippen molar-refractivity contribution in [2.24, 2.45) is 4.99 Å². The van der Waals surface area contributed by atoms with Crippen LogP contribution in [0.25, 0.3) is 0 Å². The van der Waals surface area contributed by atoms with Crippen molar-refractivity contribution >= 4 is 23.1 Å². The van der Waals surface area contributed by atoms with Gasteiger partial charge in [-0.2, -0.15) is 0 Å². The summed E-state index contributed by atoms with van der Waals surface area (Å²) in [5.74, 6) is 0.0640. The molecule has 1 aromatic rings. The van der Waals surface area contributed by atoms with Gasteiger partial charge in [-0.3, -0.25) is 0 Å². The minimum absolute atomic E-state index is 0.0738. The molecule has 1 aliphatic heterocycles. The maximum Gasteiger partial charge on any atom is 0.352 e. The summed E-state index contributed by atoms with van der Waals surface area (Å²) in [6, 6.07) is 3.37. The zero-order valence-electron chi connectivity index (χ0n) is 9.48. The summed E-state index contributed by atoms with van der Waals surface area (Å²) in [4.78, 5) is 14.9. The molecule has 0 bridgehead atoms. The van der Waals surface area contributed by atoms with Crippen LogP contribution in [0.3, 0.4) is 0 Å². The molecule has 90 valence electrons. The second-order valence-corrected chi connectivity index (χ2v) is 3.44. The normalized spacial score (nSPS) is 13.2. The molecule has 0 radical (unpaired) electrons. The van der Waals surface area contributed by atoms with E-state index >= 15 is 0 Å². The van der Waals surface area contributed by atoms with Gasteiger partial charge >= 0.3 is 5.97 Å². The fourth-order valence-electron chi connectivity index (χ4n) is 1.59. The monoisotopic (exact) mass is 236 g/mol. The van der Waals surface area contributed by atoms with Gasteiger partial charge in [0.05, 0.1) is 32.1 Å². The fraction of sp³-hybridized carbons (Fsp3) is 0.273. The van der Waals surface area contributed by atoms with Gasteiger partial charge < -0.3 is 19.9 Å². The first-order valence-electron chi connectivity index (χ1n) is 4.96. The van der Waals surface area contributed by atoms with Gasteiger partial charge in [-0.25, -0.2) is 9.79 Å². The Hall–Kier alpha value is -2.24. The van der Waals surface area contributed by atoms with Crippen LogP contribution in [-0.4, -0.2) is 37.6 Å². The summed E-state index contributed by atoms with van der Waals surface area (Å²) in [5.41, 5.74) is 1.34. The number of carbonyl (C=O) groups is 1. The van der Waals surface area contributed by atoms with Gasteiger partial charge in [0.25, 0.3) is 0 Å². The lowest BCUT2D eigenvalue weighted by Crippen LogP contribution is -2.25. The van der Waals surface area contributed by atoms with Crippen LogP contribution < -0.4 is 14.8 Å². The molecule has 1 heterocycles. The van der Waals surface area contributed by atoms with E-state index in [2.05, 4.69) is 10.3 Å². The zero-order chi connectivity index (χ0) is 12.4. The predicted octanol–water partition coefficient (Wildman–Crippen LogP) is 1.29. The number of hydrogen-bond acceptors (Lipinski definition) is 5. The lowest BCUT2D eigenvalue weighted by molar-refractivity contribution is -0.129. The molecular weight excluding hydrogens is 224 g/mol. The highest BCUT2D eigenvalue weighted by Crippen LogP contribution is 2.39. The molecule has 0 amide bonds. The maximum absolute atomic E-state index is 10.8. The smallest absolute Gasteiger partial charge is 0.352 e. The van der Waals surface area contributed by atoms with Crippen LogP contribution in [0.5, 0.6) is 11.5 Å².